The average molecular weight is 249 g/mol. The zero-order valence-corrected chi connectivity index (χ0v) is 10.9. The number of benzene rings is 1. The van der Waals surface area contributed by atoms with Gasteiger partial charge in [-0.1, -0.05) is 12.1 Å². The second-order valence-corrected chi connectivity index (χ2v) is 5.54. The predicted octanol–water partition coefficient (Wildman–Crippen LogP) is 4.05. The van der Waals surface area contributed by atoms with Gasteiger partial charge < -0.3 is 5.32 Å². The lowest BCUT2D eigenvalue weighted by Crippen LogP contribution is -2.17. The second-order valence-electron chi connectivity index (χ2n) is 4.17. The molecule has 1 aromatic heterocycles. The van der Waals surface area contributed by atoms with Crippen LogP contribution in [0.2, 0.25) is 0 Å². The highest BCUT2D eigenvalue weighted by Crippen LogP contribution is 2.17. The SMILES string of the molecule is Cc1ccc(CN[C@H](C)c2ccc(F)cc2)s1. The average Bonchev–Trinajstić information content (AvgIpc) is 2.73. The lowest BCUT2D eigenvalue weighted by atomic mass is 10.1. The molecule has 0 aliphatic heterocycles. The lowest BCUT2D eigenvalue weighted by molar-refractivity contribution is 0.575. The molecule has 0 bridgehead atoms. The summed E-state index contributed by atoms with van der Waals surface area (Å²) in [7, 11) is 0. The number of thiophene rings is 1. The zero-order valence-electron chi connectivity index (χ0n) is 10.0. The van der Waals surface area contributed by atoms with Crippen LogP contribution in [-0.2, 0) is 6.54 Å². The van der Waals surface area contributed by atoms with Crippen LogP contribution in [0.5, 0.6) is 0 Å². The number of hydrogen-bond acceptors (Lipinski definition) is 2. The van der Waals surface area contributed by atoms with Crippen molar-refractivity contribution in [1.82, 2.24) is 5.32 Å². The van der Waals surface area contributed by atoms with E-state index in [1.165, 1.54) is 21.9 Å². The Hall–Kier alpha value is -1.19. The Morgan fingerprint density at radius 3 is 2.47 bits per heavy atom. The fourth-order valence-corrected chi connectivity index (χ4v) is 2.54. The molecular formula is C14H16FNS. The molecule has 0 saturated carbocycles. The summed E-state index contributed by atoms with van der Waals surface area (Å²) >= 11 is 1.80. The first-order chi connectivity index (χ1) is 8.15. The van der Waals surface area contributed by atoms with Gasteiger partial charge in [-0.15, -0.1) is 11.3 Å². The molecule has 0 fully saturated rings. The predicted molar refractivity (Wildman–Crippen MR) is 70.7 cm³/mol. The van der Waals surface area contributed by atoms with Gasteiger partial charge in [0, 0.05) is 22.3 Å². The van der Waals surface area contributed by atoms with Crippen LogP contribution in [0.15, 0.2) is 36.4 Å². The third kappa shape index (κ3) is 3.38. The van der Waals surface area contributed by atoms with Gasteiger partial charge >= 0.3 is 0 Å². The molecule has 90 valence electrons. The summed E-state index contributed by atoms with van der Waals surface area (Å²) in [6.45, 7) is 5.06. The Labute approximate surface area is 105 Å². The van der Waals surface area contributed by atoms with Gasteiger partial charge in [-0.05, 0) is 43.7 Å². The molecule has 0 aliphatic carbocycles. The van der Waals surface area contributed by atoms with Gasteiger partial charge in [-0.3, -0.25) is 0 Å². The van der Waals surface area contributed by atoms with Crippen LogP contribution in [0.4, 0.5) is 4.39 Å². The molecule has 17 heavy (non-hydrogen) atoms. The molecule has 2 aromatic rings. The summed E-state index contributed by atoms with van der Waals surface area (Å²) in [5.41, 5.74) is 1.11. The van der Waals surface area contributed by atoms with E-state index in [1.807, 2.05) is 12.1 Å². The van der Waals surface area contributed by atoms with E-state index in [-0.39, 0.29) is 11.9 Å². The van der Waals surface area contributed by atoms with E-state index < -0.39 is 0 Å². The maximum absolute atomic E-state index is 12.8. The maximum Gasteiger partial charge on any atom is 0.123 e. The second kappa shape index (κ2) is 5.43. The number of hydrogen-bond donors (Lipinski definition) is 1. The van der Waals surface area contributed by atoms with Crippen molar-refractivity contribution in [3.8, 4) is 0 Å². The van der Waals surface area contributed by atoms with E-state index in [2.05, 4.69) is 31.3 Å². The maximum atomic E-state index is 12.8. The molecule has 0 amide bonds. The van der Waals surface area contributed by atoms with Gasteiger partial charge in [-0.2, -0.15) is 0 Å². The van der Waals surface area contributed by atoms with Crippen LogP contribution >= 0.6 is 11.3 Å². The summed E-state index contributed by atoms with van der Waals surface area (Å²) in [5, 5.41) is 3.44. The van der Waals surface area contributed by atoms with E-state index in [1.54, 1.807) is 11.3 Å². The van der Waals surface area contributed by atoms with E-state index >= 15 is 0 Å². The van der Waals surface area contributed by atoms with Crippen molar-refractivity contribution in [1.29, 1.82) is 0 Å². The monoisotopic (exact) mass is 249 g/mol. The molecule has 0 aliphatic rings. The Morgan fingerprint density at radius 2 is 1.88 bits per heavy atom. The van der Waals surface area contributed by atoms with E-state index in [0.29, 0.717) is 0 Å². The molecule has 2 rings (SSSR count). The van der Waals surface area contributed by atoms with Gasteiger partial charge in [-0.25, -0.2) is 4.39 Å². The van der Waals surface area contributed by atoms with Crippen molar-refractivity contribution < 1.29 is 4.39 Å². The van der Waals surface area contributed by atoms with Crippen LogP contribution in [0, 0.1) is 12.7 Å². The molecule has 1 heterocycles. The molecule has 0 saturated heterocycles. The van der Waals surface area contributed by atoms with Crippen molar-refractivity contribution in [2.75, 3.05) is 0 Å². The van der Waals surface area contributed by atoms with E-state index in [4.69, 9.17) is 0 Å². The fraction of sp³-hybridized carbons (Fsp3) is 0.286. The molecule has 0 radical (unpaired) electrons. The van der Waals surface area contributed by atoms with Gasteiger partial charge in [0.05, 0.1) is 0 Å². The van der Waals surface area contributed by atoms with Crippen LogP contribution in [0.25, 0.3) is 0 Å². The summed E-state index contributed by atoms with van der Waals surface area (Å²) < 4.78 is 12.8. The van der Waals surface area contributed by atoms with Gasteiger partial charge in [0.1, 0.15) is 5.82 Å². The molecule has 1 nitrogen and oxygen atoms in total. The van der Waals surface area contributed by atoms with Gasteiger partial charge in [0.2, 0.25) is 0 Å². The standard InChI is InChI=1S/C14H16FNS/c1-10-3-8-14(17-10)9-16-11(2)12-4-6-13(15)7-5-12/h3-8,11,16H,9H2,1-2H3/t11-/m1/s1. The molecule has 0 unspecified atom stereocenters. The first kappa shape index (κ1) is 12.3. The van der Waals surface area contributed by atoms with Crippen molar-refractivity contribution in [2.24, 2.45) is 0 Å². The highest BCUT2D eigenvalue weighted by molar-refractivity contribution is 7.11. The van der Waals surface area contributed by atoms with Crippen molar-refractivity contribution >= 4 is 11.3 Å². The lowest BCUT2D eigenvalue weighted by Gasteiger charge is -2.13. The van der Waals surface area contributed by atoms with Crippen molar-refractivity contribution in [3.63, 3.8) is 0 Å². The van der Waals surface area contributed by atoms with Crippen LogP contribution in [-0.4, -0.2) is 0 Å². The smallest absolute Gasteiger partial charge is 0.123 e. The minimum atomic E-state index is -0.185. The molecule has 1 atom stereocenters. The van der Waals surface area contributed by atoms with Crippen LogP contribution < -0.4 is 5.32 Å². The summed E-state index contributed by atoms with van der Waals surface area (Å²) in [4.78, 5) is 2.66. The topological polar surface area (TPSA) is 12.0 Å². The molecular weight excluding hydrogens is 233 g/mol. The quantitative estimate of drug-likeness (QED) is 0.862. The normalized spacial score (nSPS) is 12.6. The van der Waals surface area contributed by atoms with E-state index in [9.17, 15) is 4.39 Å². The Kier molecular flexibility index (Phi) is 3.92. The summed E-state index contributed by atoms with van der Waals surface area (Å²) in [5.74, 6) is -0.185. The summed E-state index contributed by atoms with van der Waals surface area (Å²) in [6, 6.07) is 11.2. The highest BCUT2D eigenvalue weighted by atomic mass is 32.1. The molecule has 0 spiro atoms. The molecule has 1 aromatic carbocycles. The first-order valence-corrected chi connectivity index (χ1v) is 6.51. The Bertz CT molecular complexity index is 475. The van der Waals surface area contributed by atoms with E-state index in [0.717, 1.165) is 12.1 Å². The Balaban J connectivity index is 1.93. The number of rotatable bonds is 4. The van der Waals surface area contributed by atoms with Crippen molar-refractivity contribution in [2.45, 2.75) is 26.4 Å². The Morgan fingerprint density at radius 1 is 1.18 bits per heavy atom. The van der Waals surface area contributed by atoms with Gasteiger partial charge in [0.15, 0.2) is 0 Å². The number of nitrogens with one attached hydrogen (secondary N) is 1. The third-order valence-corrected chi connectivity index (χ3v) is 3.75. The van der Waals surface area contributed by atoms with Crippen LogP contribution in [0.3, 0.4) is 0 Å². The molecule has 1 N–H and O–H groups in total. The summed E-state index contributed by atoms with van der Waals surface area (Å²) in [6.07, 6.45) is 0. The minimum absolute atomic E-state index is 0.185. The fourth-order valence-electron chi connectivity index (χ4n) is 1.70. The zero-order chi connectivity index (χ0) is 12.3. The van der Waals surface area contributed by atoms with Crippen molar-refractivity contribution in [3.05, 3.63) is 57.5 Å². The van der Waals surface area contributed by atoms with Crippen LogP contribution in [0.1, 0.15) is 28.3 Å². The van der Waals surface area contributed by atoms with Gasteiger partial charge in [0.25, 0.3) is 0 Å². The minimum Gasteiger partial charge on any atom is -0.305 e. The third-order valence-electron chi connectivity index (χ3n) is 2.75. The first-order valence-electron chi connectivity index (χ1n) is 5.69. The number of aryl methyl sites for hydroxylation is 1. The number of halogens is 1. The molecule has 3 heteroatoms. The largest absolute Gasteiger partial charge is 0.305 e. The highest BCUT2D eigenvalue weighted by Gasteiger charge is 2.05.